The molecule has 0 radical (unpaired) electrons. The van der Waals surface area contributed by atoms with Gasteiger partial charge in [0.05, 0.1) is 0 Å². The first-order chi connectivity index (χ1) is 7.27. The Morgan fingerprint density at radius 2 is 1.47 bits per heavy atom. The van der Waals surface area contributed by atoms with E-state index in [4.69, 9.17) is 12.6 Å². The molecule has 0 spiro atoms. The average Bonchev–Trinajstić information content (AvgIpc) is 2.20. The van der Waals surface area contributed by atoms with Crippen LogP contribution in [0.2, 0.25) is 0 Å². The van der Waals surface area contributed by atoms with E-state index in [0.717, 1.165) is 0 Å². The number of hydrogen-bond donors (Lipinski definition) is 1. The summed E-state index contributed by atoms with van der Waals surface area (Å²) in [6.45, 7) is 2.28. The summed E-state index contributed by atoms with van der Waals surface area (Å²) >= 11 is 4.97. The SMILES string of the molecule is CCCCCCC1(S)CCCCCCC1. The molecule has 1 aliphatic rings. The fourth-order valence-corrected chi connectivity index (χ4v) is 3.17. The molecule has 0 unspecified atom stereocenters. The third kappa shape index (κ3) is 5.85. The molecule has 0 aromatic carbocycles. The highest BCUT2D eigenvalue weighted by Crippen LogP contribution is 2.36. The summed E-state index contributed by atoms with van der Waals surface area (Å²) < 4.78 is 0.397. The highest BCUT2D eigenvalue weighted by Gasteiger charge is 2.24. The van der Waals surface area contributed by atoms with Crippen LogP contribution in [0.25, 0.3) is 0 Å². The molecule has 15 heavy (non-hydrogen) atoms. The first-order valence-corrected chi connectivity index (χ1v) is 7.44. The Balaban J connectivity index is 2.21. The second kappa shape index (κ2) is 7.60. The molecule has 90 valence electrons. The molecule has 1 fully saturated rings. The molecular formula is C14H28S. The van der Waals surface area contributed by atoms with E-state index >= 15 is 0 Å². The van der Waals surface area contributed by atoms with Crippen LogP contribution < -0.4 is 0 Å². The Kier molecular flexibility index (Phi) is 6.79. The van der Waals surface area contributed by atoms with Crippen molar-refractivity contribution in [2.75, 3.05) is 0 Å². The predicted octanol–water partition coefficient (Wildman–Crippen LogP) is 5.37. The van der Waals surface area contributed by atoms with Crippen LogP contribution >= 0.6 is 12.6 Å². The van der Waals surface area contributed by atoms with Crippen molar-refractivity contribution in [2.24, 2.45) is 0 Å². The first kappa shape index (κ1) is 13.4. The van der Waals surface area contributed by atoms with Crippen molar-refractivity contribution < 1.29 is 0 Å². The van der Waals surface area contributed by atoms with Crippen LogP contribution in [0.5, 0.6) is 0 Å². The van der Waals surface area contributed by atoms with Crippen molar-refractivity contribution in [2.45, 2.75) is 88.7 Å². The maximum Gasteiger partial charge on any atom is 0.0130 e. The summed E-state index contributed by atoms with van der Waals surface area (Å²) in [4.78, 5) is 0. The quantitative estimate of drug-likeness (QED) is 0.474. The Morgan fingerprint density at radius 1 is 0.867 bits per heavy atom. The second-order valence-corrected chi connectivity index (χ2v) is 6.25. The van der Waals surface area contributed by atoms with Crippen LogP contribution in [-0.4, -0.2) is 4.75 Å². The van der Waals surface area contributed by atoms with Crippen LogP contribution in [-0.2, 0) is 0 Å². The van der Waals surface area contributed by atoms with Gasteiger partial charge < -0.3 is 0 Å². The molecule has 0 atom stereocenters. The van der Waals surface area contributed by atoms with Crippen LogP contribution in [0.15, 0.2) is 0 Å². The van der Waals surface area contributed by atoms with Gasteiger partial charge in [-0.2, -0.15) is 12.6 Å². The molecule has 0 aromatic rings. The van der Waals surface area contributed by atoms with Gasteiger partial charge in [-0.25, -0.2) is 0 Å². The topological polar surface area (TPSA) is 0 Å². The van der Waals surface area contributed by atoms with Crippen LogP contribution in [0.3, 0.4) is 0 Å². The lowest BCUT2D eigenvalue weighted by Crippen LogP contribution is -2.22. The third-order valence-electron chi connectivity index (χ3n) is 3.78. The van der Waals surface area contributed by atoms with Crippen molar-refractivity contribution in [3.05, 3.63) is 0 Å². The largest absolute Gasteiger partial charge is 0.173 e. The lowest BCUT2D eigenvalue weighted by Gasteiger charge is -2.30. The van der Waals surface area contributed by atoms with Gasteiger partial charge in [-0.3, -0.25) is 0 Å². The fourth-order valence-electron chi connectivity index (χ4n) is 2.69. The number of hydrogen-bond acceptors (Lipinski definition) is 1. The molecule has 0 amide bonds. The molecular weight excluding hydrogens is 200 g/mol. The van der Waals surface area contributed by atoms with E-state index in [1.165, 1.54) is 77.0 Å². The van der Waals surface area contributed by atoms with Crippen molar-refractivity contribution in [3.63, 3.8) is 0 Å². The van der Waals surface area contributed by atoms with E-state index in [2.05, 4.69) is 6.92 Å². The highest BCUT2D eigenvalue weighted by atomic mass is 32.1. The maximum atomic E-state index is 4.97. The zero-order chi connectivity index (χ0) is 11.0. The van der Waals surface area contributed by atoms with Crippen molar-refractivity contribution >= 4 is 12.6 Å². The minimum Gasteiger partial charge on any atom is -0.173 e. The standard InChI is InChI=1S/C14H28S/c1-2-3-4-8-11-14(15)12-9-6-5-7-10-13-14/h15H,2-13H2,1H3. The third-order valence-corrected chi connectivity index (χ3v) is 4.45. The van der Waals surface area contributed by atoms with E-state index in [9.17, 15) is 0 Å². The Bertz CT molecular complexity index is 145. The van der Waals surface area contributed by atoms with E-state index in [0.29, 0.717) is 4.75 Å². The van der Waals surface area contributed by atoms with Gasteiger partial charge in [0.15, 0.2) is 0 Å². The summed E-state index contributed by atoms with van der Waals surface area (Å²) in [5.74, 6) is 0. The summed E-state index contributed by atoms with van der Waals surface area (Å²) in [5.41, 5.74) is 0. The van der Waals surface area contributed by atoms with Gasteiger partial charge in [-0.05, 0) is 19.3 Å². The van der Waals surface area contributed by atoms with Crippen LogP contribution in [0.4, 0.5) is 0 Å². The molecule has 1 rings (SSSR count). The lowest BCUT2D eigenvalue weighted by atomic mass is 9.86. The van der Waals surface area contributed by atoms with Gasteiger partial charge in [0.25, 0.3) is 0 Å². The Hall–Kier alpha value is 0.350. The fraction of sp³-hybridized carbons (Fsp3) is 1.00. The van der Waals surface area contributed by atoms with Gasteiger partial charge in [0.1, 0.15) is 0 Å². The van der Waals surface area contributed by atoms with Crippen LogP contribution in [0, 0.1) is 0 Å². The molecule has 0 nitrogen and oxygen atoms in total. The molecule has 1 saturated carbocycles. The Labute approximate surface area is 102 Å². The maximum absolute atomic E-state index is 4.97. The Morgan fingerprint density at radius 3 is 2.07 bits per heavy atom. The molecule has 0 saturated heterocycles. The minimum atomic E-state index is 0.397. The van der Waals surface area contributed by atoms with Gasteiger partial charge in [0, 0.05) is 4.75 Å². The second-order valence-electron chi connectivity index (χ2n) is 5.30. The summed E-state index contributed by atoms with van der Waals surface area (Å²) in [5, 5.41) is 0. The summed E-state index contributed by atoms with van der Waals surface area (Å²) in [6.07, 6.45) is 16.8. The van der Waals surface area contributed by atoms with Crippen LogP contribution in [0.1, 0.15) is 84.0 Å². The summed E-state index contributed by atoms with van der Waals surface area (Å²) in [7, 11) is 0. The van der Waals surface area contributed by atoms with Gasteiger partial charge >= 0.3 is 0 Å². The van der Waals surface area contributed by atoms with Crippen molar-refractivity contribution in [3.8, 4) is 0 Å². The van der Waals surface area contributed by atoms with Crippen molar-refractivity contribution in [1.29, 1.82) is 0 Å². The van der Waals surface area contributed by atoms with E-state index < -0.39 is 0 Å². The molecule has 1 heteroatoms. The van der Waals surface area contributed by atoms with Crippen molar-refractivity contribution in [1.82, 2.24) is 0 Å². The van der Waals surface area contributed by atoms with E-state index in [-0.39, 0.29) is 0 Å². The lowest BCUT2D eigenvalue weighted by molar-refractivity contribution is 0.386. The molecule has 1 aliphatic carbocycles. The highest BCUT2D eigenvalue weighted by molar-refractivity contribution is 7.81. The molecule has 0 aliphatic heterocycles. The first-order valence-electron chi connectivity index (χ1n) is 6.99. The number of rotatable bonds is 5. The zero-order valence-corrected chi connectivity index (χ0v) is 11.3. The van der Waals surface area contributed by atoms with E-state index in [1.807, 2.05) is 0 Å². The summed E-state index contributed by atoms with van der Waals surface area (Å²) in [6, 6.07) is 0. The zero-order valence-electron chi connectivity index (χ0n) is 10.4. The number of unbranched alkanes of at least 4 members (excludes halogenated alkanes) is 3. The monoisotopic (exact) mass is 228 g/mol. The van der Waals surface area contributed by atoms with Gasteiger partial charge in [0.2, 0.25) is 0 Å². The molecule has 0 heterocycles. The molecule has 0 aromatic heterocycles. The smallest absolute Gasteiger partial charge is 0.0130 e. The average molecular weight is 228 g/mol. The predicted molar refractivity (Wildman–Crippen MR) is 72.8 cm³/mol. The van der Waals surface area contributed by atoms with Gasteiger partial charge in [-0.1, -0.05) is 64.7 Å². The minimum absolute atomic E-state index is 0.397. The number of thiol groups is 1. The van der Waals surface area contributed by atoms with E-state index in [1.54, 1.807) is 0 Å². The van der Waals surface area contributed by atoms with Gasteiger partial charge in [-0.15, -0.1) is 0 Å². The normalized spacial score (nSPS) is 22.0. The molecule has 0 bridgehead atoms. The molecule has 0 N–H and O–H groups in total.